The summed E-state index contributed by atoms with van der Waals surface area (Å²) in [5.74, 6) is 1.00. The van der Waals surface area contributed by atoms with Crippen LogP contribution in [0.1, 0.15) is 6.92 Å². The van der Waals surface area contributed by atoms with Crippen LogP contribution in [0.3, 0.4) is 0 Å². The Labute approximate surface area is 118 Å². The average molecular weight is 258 g/mol. The van der Waals surface area contributed by atoms with Crippen molar-refractivity contribution in [2.45, 2.75) is 6.92 Å². The molecular formula is C18H14N2. The average Bonchev–Trinajstić information content (AvgIpc) is 2.49. The molecule has 0 bridgehead atoms. The summed E-state index contributed by atoms with van der Waals surface area (Å²) in [6.45, 7) is 2.06. The van der Waals surface area contributed by atoms with Gasteiger partial charge in [-0.3, -0.25) is 4.90 Å². The minimum atomic E-state index is 1.00. The van der Waals surface area contributed by atoms with Crippen molar-refractivity contribution in [3.8, 4) is 0 Å². The van der Waals surface area contributed by atoms with Crippen molar-refractivity contribution in [2.75, 3.05) is 4.90 Å². The predicted octanol–water partition coefficient (Wildman–Crippen LogP) is 5.04. The van der Waals surface area contributed by atoms with Gasteiger partial charge in [-0.15, -0.1) is 0 Å². The predicted molar refractivity (Wildman–Crippen MR) is 85.3 cm³/mol. The Morgan fingerprint density at radius 3 is 2.35 bits per heavy atom. The second-order valence-electron chi connectivity index (χ2n) is 4.98. The topological polar surface area (TPSA) is 15.6 Å². The summed E-state index contributed by atoms with van der Waals surface area (Å²) in [6, 6.07) is 23.1. The molecule has 0 spiro atoms. The number of nitrogens with zero attached hydrogens (tertiary/aromatic N) is 2. The molecule has 0 aliphatic carbocycles. The van der Waals surface area contributed by atoms with E-state index in [0.717, 1.165) is 17.2 Å². The van der Waals surface area contributed by atoms with Crippen LogP contribution >= 0.6 is 0 Å². The van der Waals surface area contributed by atoms with Crippen LogP contribution in [0.5, 0.6) is 0 Å². The summed E-state index contributed by atoms with van der Waals surface area (Å²) in [5, 5.41) is 2.46. The minimum absolute atomic E-state index is 1.00. The van der Waals surface area contributed by atoms with Crippen LogP contribution in [0.25, 0.3) is 10.8 Å². The number of anilines is 2. The molecule has 0 saturated carbocycles. The van der Waals surface area contributed by atoms with Crippen molar-refractivity contribution < 1.29 is 0 Å². The highest BCUT2D eigenvalue weighted by Crippen LogP contribution is 2.41. The van der Waals surface area contributed by atoms with E-state index >= 15 is 0 Å². The van der Waals surface area contributed by atoms with Gasteiger partial charge in [-0.05, 0) is 36.6 Å². The molecule has 0 fully saturated rings. The Morgan fingerprint density at radius 2 is 1.55 bits per heavy atom. The van der Waals surface area contributed by atoms with E-state index in [2.05, 4.69) is 72.5 Å². The molecule has 0 N–H and O–H groups in total. The molecule has 1 heterocycles. The molecule has 0 amide bonds. The van der Waals surface area contributed by atoms with Crippen molar-refractivity contribution >= 4 is 33.7 Å². The lowest BCUT2D eigenvalue weighted by molar-refractivity contribution is 1.29. The summed E-state index contributed by atoms with van der Waals surface area (Å²) in [4.78, 5) is 6.98. The SMILES string of the molecule is CC1=Nc2cccc3cccc(c23)N1c1ccccc1. The van der Waals surface area contributed by atoms with E-state index in [1.165, 1.54) is 16.5 Å². The molecule has 2 heteroatoms. The Hall–Kier alpha value is -2.61. The van der Waals surface area contributed by atoms with Crippen LogP contribution in [-0.2, 0) is 0 Å². The van der Waals surface area contributed by atoms with E-state index in [9.17, 15) is 0 Å². The number of para-hydroxylation sites is 1. The van der Waals surface area contributed by atoms with E-state index in [4.69, 9.17) is 4.99 Å². The number of amidine groups is 1. The first-order chi connectivity index (χ1) is 9.84. The maximum atomic E-state index is 4.76. The second-order valence-corrected chi connectivity index (χ2v) is 4.98. The zero-order valence-corrected chi connectivity index (χ0v) is 11.2. The Bertz CT molecular complexity index is 814. The number of hydrogen-bond acceptors (Lipinski definition) is 2. The van der Waals surface area contributed by atoms with Gasteiger partial charge in [0, 0.05) is 11.1 Å². The van der Waals surface area contributed by atoms with Gasteiger partial charge in [-0.25, -0.2) is 4.99 Å². The van der Waals surface area contributed by atoms with Gasteiger partial charge in [0.25, 0.3) is 0 Å². The van der Waals surface area contributed by atoms with Gasteiger partial charge >= 0.3 is 0 Å². The van der Waals surface area contributed by atoms with E-state index in [-0.39, 0.29) is 0 Å². The van der Waals surface area contributed by atoms with Gasteiger partial charge in [-0.2, -0.15) is 0 Å². The number of hydrogen-bond donors (Lipinski definition) is 0. The molecule has 0 aromatic heterocycles. The Balaban J connectivity index is 2.05. The van der Waals surface area contributed by atoms with Gasteiger partial charge in [0.2, 0.25) is 0 Å². The minimum Gasteiger partial charge on any atom is -0.298 e. The van der Waals surface area contributed by atoms with Crippen LogP contribution in [0.15, 0.2) is 71.7 Å². The summed E-state index contributed by atoms with van der Waals surface area (Å²) in [5.41, 5.74) is 3.41. The fourth-order valence-corrected chi connectivity index (χ4v) is 2.88. The van der Waals surface area contributed by atoms with E-state index in [0.29, 0.717) is 0 Å². The molecule has 4 rings (SSSR count). The zero-order chi connectivity index (χ0) is 13.5. The first-order valence-electron chi connectivity index (χ1n) is 6.77. The van der Waals surface area contributed by atoms with Crippen molar-refractivity contribution in [1.29, 1.82) is 0 Å². The van der Waals surface area contributed by atoms with Gasteiger partial charge in [0.15, 0.2) is 0 Å². The van der Waals surface area contributed by atoms with Gasteiger partial charge in [0.1, 0.15) is 5.84 Å². The molecule has 2 nitrogen and oxygen atoms in total. The van der Waals surface area contributed by atoms with Crippen LogP contribution in [-0.4, -0.2) is 5.84 Å². The van der Waals surface area contributed by atoms with E-state index in [1.54, 1.807) is 0 Å². The lowest BCUT2D eigenvalue weighted by Crippen LogP contribution is -2.25. The number of aliphatic imine (C=N–C) groups is 1. The molecular weight excluding hydrogens is 244 g/mol. The van der Waals surface area contributed by atoms with Crippen molar-refractivity contribution in [3.63, 3.8) is 0 Å². The van der Waals surface area contributed by atoms with E-state index < -0.39 is 0 Å². The third-order valence-corrected chi connectivity index (χ3v) is 3.72. The molecule has 1 aliphatic rings. The van der Waals surface area contributed by atoms with Crippen molar-refractivity contribution in [3.05, 3.63) is 66.7 Å². The van der Waals surface area contributed by atoms with Crippen molar-refractivity contribution in [1.82, 2.24) is 0 Å². The lowest BCUT2D eigenvalue weighted by Gasteiger charge is -2.29. The molecule has 96 valence electrons. The maximum absolute atomic E-state index is 4.76. The first kappa shape index (κ1) is 11.2. The van der Waals surface area contributed by atoms with Crippen LogP contribution in [0, 0.1) is 0 Å². The summed E-state index contributed by atoms with van der Waals surface area (Å²) in [7, 11) is 0. The largest absolute Gasteiger partial charge is 0.298 e. The number of rotatable bonds is 1. The fraction of sp³-hybridized carbons (Fsp3) is 0.0556. The third-order valence-electron chi connectivity index (χ3n) is 3.72. The van der Waals surface area contributed by atoms with Gasteiger partial charge < -0.3 is 0 Å². The third kappa shape index (κ3) is 1.55. The molecule has 3 aromatic carbocycles. The quantitative estimate of drug-likeness (QED) is 0.597. The first-order valence-corrected chi connectivity index (χ1v) is 6.77. The summed E-state index contributed by atoms with van der Waals surface area (Å²) < 4.78 is 0. The second kappa shape index (κ2) is 4.20. The van der Waals surface area contributed by atoms with Crippen molar-refractivity contribution in [2.24, 2.45) is 4.99 Å². The molecule has 0 atom stereocenters. The highest BCUT2D eigenvalue weighted by molar-refractivity contribution is 6.17. The maximum Gasteiger partial charge on any atom is 0.111 e. The lowest BCUT2D eigenvalue weighted by atomic mass is 10.0. The van der Waals surface area contributed by atoms with Crippen LogP contribution < -0.4 is 4.90 Å². The summed E-state index contributed by atoms with van der Waals surface area (Å²) >= 11 is 0. The zero-order valence-electron chi connectivity index (χ0n) is 11.2. The fourth-order valence-electron chi connectivity index (χ4n) is 2.88. The van der Waals surface area contributed by atoms with Gasteiger partial charge in [0.05, 0.1) is 11.4 Å². The Kier molecular flexibility index (Phi) is 2.36. The molecule has 20 heavy (non-hydrogen) atoms. The molecule has 3 aromatic rings. The van der Waals surface area contributed by atoms with Crippen LogP contribution in [0.4, 0.5) is 17.1 Å². The standard InChI is InChI=1S/C18H14N2/c1-13-19-16-11-5-7-14-8-6-12-17(18(14)16)20(13)15-9-3-2-4-10-15/h2-12H,1H3. The normalized spacial score (nSPS) is 13.4. The van der Waals surface area contributed by atoms with E-state index in [1.807, 2.05) is 6.07 Å². The summed E-state index contributed by atoms with van der Waals surface area (Å²) in [6.07, 6.45) is 0. The van der Waals surface area contributed by atoms with Gasteiger partial charge in [-0.1, -0.05) is 42.5 Å². The molecule has 0 unspecified atom stereocenters. The highest BCUT2D eigenvalue weighted by atomic mass is 15.2. The highest BCUT2D eigenvalue weighted by Gasteiger charge is 2.20. The molecule has 1 aliphatic heterocycles. The molecule has 0 radical (unpaired) electrons. The Morgan fingerprint density at radius 1 is 0.800 bits per heavy atom. The smallest absolute Gasteiger partial charge is 0.111 e. The van der Waals surface area contributed by atoms with Crippen LogP contribution in [0.2, 0.25) is 0 Å². The monoisotopic (exact) mass is 258 g/mol. The number of benzene rings is 3. The molecule has 0 saturated heterocycles.